The summed E-state index contributed by atoms with van der Waals surface area (Å²) in [5.41, 5.74) is 0.647. The molecule has 0 aliphatic carbocycles. The smallest absolute Gasteiger partial charge is 0.294 e. The van der Waals surface area contributed by atoms with Gasteiger partial charge in [-0.3, -0.25) is 19.7 Å². The number of rotatable bonds is 5. The van der Waals surface area contributed by atoms with Gasteiger partial charge in [0.1, 0.15) is 18.1 Å². The SMILES string of the molecule is Cc1nc2c(=O)n(CC(=O)Nc3cccc([N+](=O)[O-])c3)nc(-c3ccc(F)cc3)c2s1. The van der Waals surface area contributed by atoms with Gasteiger partial charge in [0.05, 0.1) is 14.6 Å². The molecule has 0 saturated heterocycles. The van der Waals surface area contributed by atoms with Crippen LogP contribution in [0.5, 0.6) is 0 Å². The number of nitrogens with one attached hydrogen (secondary N) is 1. The second-order valence-corrected chi connectivity index (χ2v) is 7.79. The van der Waals surface area contributed by atoms with Gasteiger partial charge in [0, 0.05) is 23.4 Å². The van der Waals surface area contributed by atoms with E-state index in [2.05, 4.69) is 15.4 Å². The molecule has 0 fully saturated rings. The topological polar surface area (TPSA) is 120 Å². The molecule has 31 heavy (non-hydrogen) atoms. The number of amides is 1. The van der Waals surface area contributed by atoms with Crippen molar-refractivity contribution in [1.82, 2.24) is 14.8 Å². The van der Waals surface area contributed by atoms with E-state index < -0.39 is 28.8 Å². The Morgan fingerprint density at radius 2 is 2.00 bits per heavy atom. The maximum atomic E-state index is 13.3. The molecule has 156 valence electrons. The number of carbonyl (C=O) groups is 1. The molecular weight excluding hydrogens is 425 g/mol. The molecule has 0 spiro atoms. The zero-order chi connectivity index (χ0) is 22.1. The van der Waals surface area contributed by atoms with E-state index in [0.29, 0.717) is 21.0 Å². The molecule has 0 bridgehead atoms. The highest BCUT2D eigenvalue weighted by Crippen LogP contribution is 2.29. The molecule has 2 aromatic heterocycles. The number of carbonyl (C=O) groups excluding carboxylic acids is 1. The van der Waals surface area contributed by atoms with Crippen molar-refractivity contribution < 1.29 is 14.1 Å². The van der Waals surface area contributed by atoms with Gasteiger partial charge in [-0.25, -0.2) is 14.1 Å². The molecule has 11 heteroatoms. The Kier molecular flexibility index (Phi) is 5.26. The molecule has 2 aromatic carbocycles. The summed E-state index contributed by atoms with van der Waals surface area (Å²) in [5, 5.41) is 18.4. The zero-order valence-corrected chi connectivity index (χ0v) is 16.9. The minimum atomic E-state index is -0.591. The normalized spacial score (nSPS) is 10.9. The van der Waals surface area contributed by atoms with Crippen LogP contribution in [-0.4, -0.2) is 25.6 Å². The number of anilines is 1. The Morgan fingerprint density at radius 1 is 1.26 bits per heavy atom. The summed E-state index contributed by atoms with van der Waals surface area (Å²) in [6, 6.07) is 11.1. The maximum Gasteiger partial charge on any atom is 0.294 e. The number of nitrogens with zero attached hydrogens (tertiary/aromatic N) is 4. The number of thiazole rings is 1. The second-order valence-electron chi connectivity index (χ2n) is 6.58. The van der Waals surface area contributed by atoms with E-state index in [-0.39, 0.29) is 16.9 Å². The number of fused-ring (bicyclic) bond motifs is 1. The van der Waals surface area contributed by atoms with Crippen molar-refractivity contribution in [1.29, 1.82) is 0 Å². The first-order valence-corrected chi connectivity index (χ1v) is 9.82. The van der Waals surface area contributed by atoms with E-state index >= 15 is 0 Å². The van der Waals surface area contributed by atoms with E-state index in [0.717, 1.165) is 4.68 Å². The summed E-state index contributed by atoms with van der Waals surface area (Å²) in [5.74, 6) is -1.00. The molecule has 9 nitrogen and oxygen atoms in total. The van der Waals surface area contributed by atoms with Crippen molar-refractivity contribution >= 4 is 38.8 Å². The summed E-state index contributed by atoms with van der Waals surface area (Å²) in [4.78, 5) is 39.9. The highest BCUT2D eigenvalue weighted by Gasteiger charge is 2.18. The molecule has 4 rings (SSSR count). The predicted octanol–water partition coefficient (Wildman–Crippen LogP) is 3.51. The van der Waals surface area contributed by atoms with Crippen LogP contribution in [0, 0.1) is 22.9 Å². The minimum Gasteiger partial charge on any atom is -0.324 e. The molecule has 1 N–H and O–H groups in total. The van der Waals surface area contributed by atoms with E-state index in [9.17, 15) is 24.1 Å². The van der Waals surface area contributed by atoms with Gasteiger partial charge in [0.2, 0.25) is 5.91 Å². The third-order valence-electron chi connectivity index (χ3n) is 4.36. The van der Waals surface area contributed by atoms with Crippen molar-refractivity contribution in [3.63, 3.8) is 0 Å². The average Bonchev–Trinajstić information content (AvgIpc) is 3.13. The van der Waals surface area contributed by atoms with Crippen LogP contribution in [0.25, 0.3) is 21.5 Å². The Morgan fingerprint density at radius 3 is 2.71 bits per heavy atom. The van der Waals surface area contributed by atoms with Crippen LogP contribution in [0.3, 0.4) is 0 Å². The summed E-state index contributed by atoms with van der Waals surface area (Å²) < 4.78 is 14.9. The van der Waals surface area contributed by atoms with Crippen molar-refractivity contribution in [2.45, 2.75) is 13.5 Å². The molecule has 0 radical (unpaired) electrons. The van der Waals surface area contributed by atoms with E-state index in [4.69, 9.17) is 0 Å². The Bertz CT molecular complexity index is 1380. The lowest BCUT2D eigenvalue weighted by Crippen LogP contribution is -2.30. The first kappa shape index (κ1) is 20.3. The van der Waals surface area contributed by atoms with Crippen LogP contribution in [0.4, 0.5) is 15.8 Å². The number of hydrogen-bond acceptors (Lipinski definition) is 7. The number of benzene rings is 2. The summed E-state index contributed by atoms with van der Waals surface area (Å²) in [6.07, 6.45) is 0. The van der Waals surface area contributed by atoms with Crippen LogP contribution in [0.1, 0.15) is 5.01 Å². The molecule has 1 amide bonds. The lowest BCUT2D eigenvalue weighted by molar-refractivity contribution is -0.384. The van der Waals surface area contributed by atoms with Gasteiger partial charge in [-0.1, -0.05) is 6.07 Å². The summed E-state index contributed by atoms with van der Waals surface area (Å²) in [6.45, 7) is 1.32. The number of nitro groups is 1. The van der Waals surface area contributed by atoms with Crippen LogP contribution < -0.4 is 10.9 Å². The molecule has 0 aliphatic rings. The predicted molar refractivity (Wildman–Crippen MR) is 114 cm³/mol. The monoisotopic (exact) mass is 439 g/mol. The lowest BCUT2D eigenvalue weighted by Gasteiger charge is -2.09. The van der Waals surface area contributed by atoms with Crippen molar-refractivity contribution in [3.8, 4) is 11.3 Å². The number of non-ortho nitro benzene ring substituents is 1. The third kappa shape index (κ3) is 4.16. The van der Waals surface area contributed by atoms with E-state index in [1.807, 2.05) is 0 Å². The van der Waals surface area contributed by atoms with Crippen LogP contribution in [0.15, 0.2) is 53.3 Å². The fraction of sp³-hybridized carbons (Fsp3) is 0.100. The first-order valence-electron chi connectivity index (χ1n) is 9.00. The Hall–Kier alpha value is -3.99. The third-order valence-corrected chi connectivity index (χ3v) is 5.34. The minimum absolute atomic E-state index is 0.167. The fourth-order valence-corrected chi connectivity index (χ4v) is 3.92. The highest BCUT2D eigenvalue weighted by molar-refractivity contribution is 7.19. The van der Waals surface area contributed by atoms with Gasteiger partial charge in [0.25, 0.3) is 11.2 Å². The average molecular weight is 439 g/mol. The summed E-state index contributed by atoms with van der Waals surface area (Å²) >= 11 is 1.28. The number of aryl methyl sites for hydroxylation is 1. The van der Waals surface area contributed by atoms with Gasteiger partial charge < -0.3 is 5.32 Å². The molecule has 4 aromatic rings. The number of hydrogen-bond donors (Lipinski definition) is 1. The zero-order valence-electron chi connectivity index (χ0n) is 16.0. The standard InChI is InChI=1S/C20H14FN5O4S/c1-11-22-18-19(31-11)17(12-5-7-13(21)8-6-12)24-25(20(18)28)10-16(27)23-14-3-2-4-15(9-14)26(29)30/h2-9H,10H2,1H3,(H,23,27). The van der Waals surface area contributed by atoms with E-state index in [1.165, 1.54) is 59.9 Å². The van der Waals surface area contributed by atoms with Gasteiger partial charge in [-0.15, -0.1) is 11.3 Å². The number of halogens is 1. The van der Waals surface area contributed by atoms with Gasteiger partial charge in [-0.2, -0.15) is 5.10 Å². The van der Waals surface area contributed by atoms with Crippen molar-refractivity contribution in [2.24, 2.45) is 0 Å². The van der Waals surface area contributed by atoms with Gasteiger partial charge in [-0.05, 0) is 37.3 Å². The number of nitro benzene ring substituents is 1. The summed E-state index contributed by atoms with van der Waals surface area (Å²) in [7, 11) is 0. The van der Waals surface area contributed by atoms with E-state index in [1.54, 1.807) is 6.92 Å². The van der Waals surface area contributed by atoms with Crippen molar-refractivity contribution in [3.05, 3.63) is 79.8 Å². The molecule has 2 heterocycles. The maximum absolute atomic E-state index is 13.3. The number of aromatic nitrogens is 3. The fourth-order valence-electron chi connectivity index (χ4n) is 3.00. The highest BCUT2D eigenvalue weighted by atomic mass is 32.1. The Labute approximate surface area is 177 Å². The second kappa shape index (κ2) is 8.03. The largest absolute Gasteiger partial charge is 0.324 e. The molecule has 0 unspecified atom stereocenters. The molecular formula is C20H14FN5O4S. The van der Waals surface area contributed by atoms with Crippen molar-refractivity contribution in [2.75, 3.05) is 5.32 Å². The Balaban J connectivity index is 1.70. The lowest BCUT2D eigenvalue weighted by atomic mass is 10.1. The molecule has 0 saturated carbocycles. The van der Waals surface area contributed by atoms with Gasteiger partial charge in [0.15, 0.2) is 5.52 Å². The quantitative estimate of drug-likeness (QED) is 0.375. The van der Waals surface area contributed by atoms with Gasteiger partial charge >= 0.3 is 0 Å². The molecule has 0 aliphatic heterocycles. The van der Waals surface area contributed by atoms with Crippen LogP contribution in [-0.2, 0) is 11.3 Å². The molecule has 0 atom stereocenters. The first-order chi connectivity index (χ1) is 14.8. The van der Waals surface area contributed by atoms with Crippen LogP contribution in [0.2, 0.25) is 0 Å². The van der Waals surface area contributed by atoms with Crippen LogP contribution >= 0.6 is 11.3 Å².